The van der Waals surface area contributed by atoms with Crippen LogP contribution < -0.4 is 27.4 Å². The number of carbonyl (C=O) groups is 7. The Morgan fingerprint density at radius 2 is 1.31 bits per heavy atom. The molecule has 0 aliphatic carbocycles. The highest BCUT2D eigenvalue weighted by Crippen LogP contribution is 2.02. The van der Waals surface area contributed by atoms with E-state index in [1.807, 2.05) is 5.32 Å². The van der Waals surface area contributed by atoms with Crippen LogP contribution in [0.3, 0.4) is 0 Å². The van der Waals surface area contributed by atoms with E-state index in [0.29, 0.717) is 0 Å². The predicted octanol–water partition coefficient (Wildman–Crippen LogP) is -3.52. The Morgan fingerprint density at radius 1 is 0.750 bits per heavy atom. The highest BCUT2D eigenvalue weighted by molar-refractivity contribution is 5.95. The summed E-state index contributed by atoms with van der Waals surface area (Å²) in [5.41, 5.74) is 10.5. The highest BCUT2D eigenvalue weighted by atomic mass is 16.4. The molecule has 15 nitrogen and oxygen atoms in total. The van der Waals surface area contributed by atoms with Crippen molar-refractivity contribution in [3.05, 3.63) is 0 Å². The summed E-state index contributed by atoms with van der Waals surface area (Å²) in [6.45, 7) is 1.22. The lowest BCUT2D eigenvalue weighted by Crippen LogP contribution is -2.56. The summed E-state index contributed by atoms with van der Waals surface area (Å²) in [5, 5.41) is 33.0. The lowest BCUT2D eigenvalue weighted by atomic mass is 10.1. The number of hydrogen-bond donors (Lipinski definition) is 8. The zero-order valence-electron chi connectivity index (χ0n) is 17.2. The molecule has 0 bridgehead atoms. The molecule has 10 N–H and O–H groups in total. The zero-order chi connectivity index (χ0) is 25.0. The third-order valence-electron chi connectivity index (χ3n) is 4.06. The first-order valence-electron chi connectivity index (χ1n) is 9.36. The summed E-state index contributed by atoms with van der Waals surface area (Å²) in [6, 6.07) is -5.77. The molecule has 0 aliphatic heterocycles. The van der Waals surface area contributed by atoms with E-state index in [1.54, 1.807) is 0 Å². The van der Waals surface area contributed by atoms with Gasteiger partial charge in [-0.15, -0.1) is 0 Å². The molecule has 32 heavy (non-hydrogen) atoms. The number of carbonyl (C=O) groups excluding carboxylic acids is 4. The molecular formula is C17H27N5O10. The monoisotopic (exact) mass is 461 g/mol. The van der Waals surface area contributed by atoms with Gasteiger partial charge < -0.3 is 42.7 Å². The minimum absolute atomic E-state index is 0.0769. The van der Waals surface area contributed by atoms with Crippen molar-refractivity contribution in [2.75, 3.05) is 0 Å². The Kier molecular flexibility index (Phi) is 11.9. The second-order valence-corrected chi connectivity index (χ2v) is 6.83. The number of amides is 4. The molecule has 4 unspecified atom stereocenters. The van der Waals surface area contributed by atoms with Crippen LogP contribution in [-0.2, 0) is 33.6 Å². The van der Waals surface area contributed by atoms with Crippen LogP contribution in [0.15, 0.2) is 0 Å². The van der Waals surface area contributed by atoms with Crippen molar-refractivity contribution in [2.45, 2.75) is 63.2 Å². The second-order valence-electron chi connectivity index (χ2n) is 6.83. The van der Waals surface area contributed by atoms with Gasteiger partial charge in [0, 0.05) is 12.8 Å². The Bertz CT molecular complexity index is 756. The first kappa shape index (κ1) is 28.2. The highest BCUT2D eigenvalue weighted by Gasteiger charge is 2.30. The van der Waals surface area contributed by atoms with Gasteiger partial charge in [-0.05, 0) is 19.8 Å². The van der Waals surface area contributed by atoms with Gasteiger partial charge in [0.1, 0.15) is 18.1 Å². The largest absolute Gasteiger partial charge is 0.481 e. The zero-order valence-corrected chi connectivity index (χ0v) is 17.2. The fraction of sp³-hybridized carbons (Fsp3) is 0.588. The number of aliphatic carboxylic acids is 3. The third-order valence-corrected chi connectivity index (χ3v) is 4.06. The van der Waals surface area contributed by atoms with E-state index in [4.69, 9.17) is 26.8 Å². The molecule has 180 valence electrons. The number of carboxylic acids is 3. The van der Waals surface area contributed by atoms with Crippen molar-refractivity contribution in [3.63, 3.8) is 0 Å². The summed E-state index contributed by atoms with van der Waals surface area (Å²) >= 11 is 0. The SMILES string of the molecule is CC(NC(=O)C(N)CCC(N)=O)C(=O)NC(CC(=O)O)C(=O)NC(CCC(=O)O)C(=O)O. The van der Waals surface area contributed by atoms with Crippen LogP contribution in [-0.4, -0.2) is 81.0 Å². The number of hydrogen-bond acceptors (Lipinski definition) is 8. The molecule has 0 aromatic heterocycles. The topological polar surface area (TPSA) is 268 Å². The van der Waals surface area contributed by atoms with Crippen LogP contribution in [0.4, 0.5) is 0 Å². The number of carboxylic acid groups (broad SMARTS) is 3. The van der Waals surface area contributed by atoms with Gasteiger partial charge in [-0.25, -0.2) is 4.79 Å². The normalized spacial score (nSPS) is 14.2. The standard InChI is InChI=1S/C17H27N5O10/c1-7(20-15(29)8(18)2-4-11(19)23)14(28)22-10(6-13(26)27)16(30)21-9(17(31)32)3-5-12(24)25/h7-10H,2-6,18H2,1H3,(H2,19,23)(H,20,29)(H,21,30)(H,22,28)(H,24,25)(H,26,27)(H,31,32). The van der Waals surface area contributed by atoms with E-state index in [1.165, 1.54) is 6.92 Å². The Labute approximate surface area is 181 Å². The molecule has 0 radical (unpaired) electrons. The van der Waals surface area contributed by atoms with Gasteiger partial charge in [0.25, 0.3) is 0 Å². The maximum Gasteiger partial charge on any atom is 0.326 e. The van der Waals surface area contributed by atoms with Crippen molar-refractivity contribution < 1.29 is 48.9 Å². The first-order valence-corrected chi connectivity index (χ1v) is 9.36. The maximum absolute atomic E-state index is 12.3. The Morgan fingerprint density at radius 3 is 1.78 bits per heavy atom. The molecule has 0 spiro atoms. The molecule has 4 atom stereocenters. The predicted molar refractivity (Wildman–Crippen MR) is 105 cm³/mol. The Hall–Kier alpha value is -3.75. The number of rotatable bonds is 15. The minimum atomic E-state index is -1.71. The quantitative estimate of drug-likeness (QED) is 0.118. The Balaban J connectivity index is 5.10. The minimum Gasteiger partial charge on any atom is -0.481 e. The lowest BCUT2D eigenvalue weighted by molar-refractivity contribution is -0.144. The van der Waals surface area contributed by atoms with Crippen LogP contribution >= 0.6 is 0 Å². The molecule has 0 fully saturated rings. The molecule has 0 saturated carbocycles. The van der Waals surface area contributed by atoms with E-state index >= 15 is 0 Å². The van der Waals surface area contributed by atoms with Gasteiger partial charge in [-0.2, -0.15) is 0 Å². The van der Waals surface area contributed by atoms with Gasteiger partial charge in [-0.1, -0.05) is 0 Å². The summed E-state index contributed by atoms with van der Waals surface area (Å²) in [5.74, 6) is -7.97. The maximum atomic E-state index is 12.3. The molecular weight excluding hydrogens is 434 g/mol. The van der Waals surface area contributed by atoms with Gasteiger partial charge in [0.15, 0.2) is 0 Å². The van der Waals surface area contributed by atoms with E-state index < -0.39 is 85.0 Å². The van der Waals surface area contributed by atoms with Crippen LogP contribution in [0.2, 0.25) is 0 Å². The first-order chi connectivity index (χ1) is 14.7. The molecule has 0 aromatic carbocycles. The van der Waals surface area contributed by atoms with E-state index in [9.17, 15) is 33.6 Å². The summed E-state index contributed by atoms with van der Waals surface area (Å²) in [7, 11) is 0. The van der Waals surface area contributed by atoms with Gasteiger partial charge in [0.05, 0.1) is 12.5 Å². The van der Waals surface area contributed by atoms with E-state index in [-0.39, 0.29) is 12.8 Å². The van der Waals surface area contributed by atoms with Gasteiger partial charge in [-0.3, -0.25) is 28.8 Å². The van der Waals surface area contributed by atoms with E-state index in [0.717, 1.165) is 0 Å². The molecule has 0 heterocycles. The van der Waals surface area contributed by atoms with Crippen molar-refractivity contribution in [3.8, 4) is 0 Å². The van der Waals surface area contributed by atoms with Crippen LogP contribution in [0.1, 0.15) is 39.0 Å². The summed E-state index contributed by atoms with van der Waals surface area (Å²) in [4.78, 5) is 80.2. The van der Waals surface area contributed by atoms with Gasteiger partial charge >= 0.3 is 17.9 Å². The summed E-state index contributed by atoms with van der Waals surface area (Å²) in [6.07, 6.45) is -2.21. The van der Waals surface area contributed by atoms with Crippen molar-refractivity contribution >= 4 is 41.5 Å². The fourth-order valence-corrected chi connectivity index (χ4v) is 2.29. The second kappa shape index (κ2) is 13.5. The lowest BCUT2D eigenvalue weighted by Gasteiger charge is -2.22. The fourth-order valence-electron chi connectivity index (χ4n) is 2.29. The third kappa shape index (κ3) is 11.4. The van der Waals surface area contributed by atoms with Crippen LogP contribution in [0, 0.1) is 0 Å². The van der Waals surface area contributed by atoms with Crippen LogP contribution in [0.5, 0.6) is 0 Å². The molecule has 0 aromatic rings. The molecule has 0 aliphatic rings. The average Bonchev–Trinajstić information content (AvgIpc) is 2.67. The summed E-state index contributed by atoms with van der Waals surface area (Å²) < 4.78 is 0. The van der Waals surface area contributed by atoms with Crippen LogP contribution in [0.25, 0.3) is 0 Å². The van der Waals surface area contributed by atoms with E-state index in [2.05, 4.69) is 10.6 Å². The number of nitrogens with one attached hydrogen (secondary N) is 3. The van der Waals surface area contributed by atoms with Crippen molar-refractivity contribution in [1.29, 1.82) is 0 Å². The van der Waals surface area contributed by atoms with Crippen molar-refractivity contribution in [2.24, 2.45) is 11.5 Å². The smallest absolute Gasteiger partial charge is 0.326 e. The molecule has 0 rings (SSSR count). The molecule has 0 saturated heterocycles. The van der Waals surface area contributed by atoms with Gasteiger partial charge in [0.2, 0.25) is 23.6 Å². The number of nitrogens with two attached hydrogens (primary N) is 2. The number of primary amides is 1. The van der Waals surface area contributed by atoms with Crippen molar-refractivity contribution in [1.82, 2.24) is 16.0 Å². The molecule has 15 heteroatoms. The average molecular weight is 461 g/mol. The molecule has 4 amide bonds.